The number of hydrogen-bond acceptors (Lipinski definition) is 5. The molecule has 1 aromatic heterocycles. The van der Waals surface area contributed by atoms with Crippen LogP contribution in [0.5, 0.6) is 5.75 Å². The fraction of sp³-hybridized carbons (Fsp3) is 0.261. The molecule has 0 unspecified atom stereocenters. The molecule has 4 rings (SSSR count). The Morgan fingerprint density at radius 3 is 2.41 bits per heavy atom. The number of amides is 1. The Hall–Kier alpha value is -2.54. The fourth-order valence-corrected chi connectivity index (χ4v) is 4.15. The average molecular weight is 492 g/mol. The van der Waals surface area contributed by atoms with Crippen molar-refractivity contribution in [2.24, 2.45) is 0 Å². The van der Waals surface area contributed by atoms with Crippen LogP contribution in [0, 0.1) is 6.92 Å². The predicted molar refractivity (Wildman–Crippen MR) is 128 cm³/mol. The maximum Gasteiger partial charge on any atom is 0.260 e. The minimum atomic E-state index is -0.0685. The molecular weight excluding hydrogens is 471 g/mol. The Morgan fingerprint density at radius 1 is 0.938 bits per heavy atom. The molecule has 0 aliphatic carbocycles. The van der Waals surface area contributed by atoms with Gasteiger partial charge >= 0.3 is 0 Å². The molecule has 6 nitrogen and oxygen atoms in total. The number of nitrogens with zero attached hydrogens (tertiary/aromatic N) is 4. The molecule has 0 bridgehead atoms. The van der Waals surface area contributed by atoms with Crippen LogP contribution in [0.15, 0.2) is 48.5 Å². The minimum Gasteiger partial charge on any atom is -0.482 e. The van der Waals surface area contributed by atoms with Crippen molar-refractivity contribution in [1.29, 1.82) is 0 Å². The Morgan fingerprint density at radius 2 is 1.72 bits per heavy atom. The zero-order valence-corrected chi connectivity index (χ0v) is 19.7. The molecule has 0 radical (unpaired) electrons. The summed E-state index contributed by atoms with van der Waals surface area (Å²) < 4.78 is 5.64. The van der Waals surface area contributed by atoms with Crippen molar-refractivity contribution in [3.63, 3.8) is 0 Å². The molecule has 1 saturated heterocycles. The third-order valence-corrected chi connectivity index (χ3v) is 6.11. The standard InChI is InChI=1S/C23H21Cl3N4O2/c1-15-2-5-18(25)21(12-15)32-14-23(31)30-10-8-29(9-11-30)22-7-6-20(27-28-22)17-4-3-16(24)13-19(17)26/h2-7,12-13H,8-11,14H2,1H3. The van der Waals surface area contributed by atoms with Gasteiger partial charge in [0.15, 0.2) is 12.4 Å². The van der Waals surface area contributed by atoms with Crippen LogP contribution in [0.25, 0.3) is 11.3 Å². The molecule has 1 amide bonds. The van der Waals surface area contributed by atoms with Crippen LogP contribution in [0.2, 0.25) is 15.1 Å². The van der Waals surface area contributed by atoms with E-state index in [1.54, 1.807) is 23.1 Å². The maximum absolute atomic E-state index is 12.6. The molecule has 1 aliphatic rings. The van der Waals surface area contributed by atoms with Crippen LogP contribution >= 0.6 is 34.8 Å². The number of aryl methyl sites for hydroxylation is 1. The summed E-state index contributed by atoms with van der Waals surface area (Å²) >= 11 is 18.4. The lowest BCUT2D eigenvalue weighted by molar-refractivity contribution is -0.133. The first-order valence-corrected chi connectivity index (χ1v) is 11.2. The summed E-state index contributed by atoms with van der Waals surface area (Å²) in [5.41, 5.74) is 2.48. The molecule has 1 fully saturated rings. The third-order valence-electron chi connectivity index (χ3n) is 5.25. The SMILES string of the molecule is Cc1ccc(Cl)c(OCC(=O)N2CCN(c3ccc(-c4ccc(Cl)cc4Cl)nn3)CC2)c1. The lowest BCUT2D eigenvalue weighted by Crippen LogP contribution is -2.50. The summed E-state index contributed by atoms with van der Waals surface area (Å²) in [5.74, 6) is 1.21. The summed E-state index contributed by atoms with van der Waals surface area (Å²) in [5, 5.41) is 10.3. The molecule has 2 heterocycles. The average Bonchev–Trinajstić information content (AvgIpc) is 2.80. The van der Waals surface area contributed by atoms with Crippen molar-refractivity contribution in [2.45, 2.75) is 6.92 Å². The zero-order valence-electron chi connectivity index (χ0n) is 17.4. The number of rotatable bonds is 5. The van der Waals surface area contributed by atoms with Crippen LogP contribution in [0.3, 0.4) is 0 Å². The molecule has 166 valence electrons. The van der Waals surface area contributed by atoms with Crippen molar-refractivity contribution in [3.8, 4) is 17.0 Å². The molecule has 0 N–H and O–H groups in total. The molecular formula is C23H21Cl3N4O2. The largest absolute Gasteiger partial charge is 0.482 e. The van der Waals surface area contributed by atoms with E-state index in [4.69, 9.17) is 39.5 Å². The van der Waals surface area contributed by atoms with Crippen molar-refractivity contribution >= 4 is 46.5 Å². The Labute approximate surface area is 201 Å². The normalized spacial score (nSPS) is 13.9. The van der Waals surface area contributed by atoms with Crippen molar-refractivity contribution in [2.75, 3.05) is 37.7 Å². The fourth-order valence-electron chi connectivity index (χ4n) is 3.47. The van der Waals surface area contributed by atoms with Crippen LogP contribution < -0.4 is 9.64 Å². The van der Waals surface area contributed by atoms with E-state index in [0.717, 1.165) is 16.9 Å². The van der Waals surface area contributed by atoms with Crippen molar-refractivity contribution < 1.29 is 9.53 Å². The number of halogens is 3. The van der Waals surface area contributed by atoms with E-state index in [2.05, 4.69) is 15.1 Å². The number of carbonyl (C=O) groups is 1. The number of carbonyl (C=O) groups excluding carboxylic acids is 1. The van der Waals surface area contributed by atoms with E-state index in [0.29, 0.717) is 52.7 Å². The summed E-state index contributed by atoms with van der Waals surface area (Å²) in [6.45, 7) is 4.38. The number of hydrogen-bond donors (Lipinski definition) is 0. The number of anilines is 1. The molecule has 9 heteroatoms. The van der Waals surface area contributed by atoms with Gasteiger partial charge in [0, 0.05) is 36.8 Å². The van der Waals surface area contributed by atoms with Crippen molar-refractivity contribution in [3.05, 3.63) is 69.2 Å². The van der Waals surface area contributed by atoms with Gasteiger partial charge in [0.1, 0.15) is 5.75 Å². The topological polar surface area (TPSA) is 58.6 Å². The van der Waals surface area contributed by atoms with Gasteiger partial charge in [-0.05, 0) is 55.0 Å². The van der Waals surface area contributed by atoms with E-state index in [-0.39, 0.29) is 12.5 Å². The van der Waals surface area contributed by atoms with Gasteiger partial charge in [-0.1, -0.05) is 40.9 Å². The van der Waals surface area contributed by atoms with E-state index in [9.17, 15) is 4.79 Å². The Bertz CT molecular complexity index is 1120. The lowest BCUT2D eigenvalue weighted by atomic mass is 10.1. The Kier molecular flexibility index (Phi) is 7.04. The first-order chi connectivity index (χ1) is 15.4. The summed E-state index contributed by atoms with van der Waals surface area (Å²) in [7, 11) is 0. The highest BCUT2D eigenvalue weighted by atomic mass is 35.5. The second-order valence-electron chi connectivity index (χ2n) is 7.49. The Balaban J connectivity index is 1.32. The molecule has 3 aromatic rings. The second-order valence-corrected chi connectivity index (χ2v) is 8.74. The summed E-state index contributed by atoms with van der Waals surface area (Å²) in [6, 6.07) is 14.6. The molecule has 0 spiro atoms. The number of ether oxygens (including phenoxy) is 1. The van der Waals surface area contributed by atoms with Crippen LogP contribution in [-0.2, 0) is 4.79 Å². The number of benzene rings is 2. The maximum atomic E-state index is 12.6. The van der Waals surface area contributed by atoms with Gasteiger partial charge in [-0.2, -0.15) is 0 Å². The number of piperazine rings is 1. The van der Waals surface area contributed by atoms with E-state index < -0.39 is 0 Å². The lowest BCUT2D eigenvalue weighted by Gasteiger charge is -2.35. The highest BCUT2D eigenvalue weighted by molar-refractivity contribution is 6.36. The molecule has 1 aliphatic heterocycles. The van der Waals surface area contributed by atoms with Crippen LogP contribution in [-0.4, -0.2) is 53.8 Å². The van der Waals surface area contributed by atoms with E-state index >= 15 is 0 Å². The molecule has 2 aromatic carbocycles. The van der Waals surface area contributed by atoms with Gasteiger partial charge in [-0.3, -0.25) is 4.79 Å². The zero-order chi connectivity index (χ0) is 22.7. The van der Waals surface area contributed by atoms with E-state index in [1.807, 2.05) is 37.3 Å². The second kappa shape index (κ2) is 9.94. The highest BCUT2D eigenvalue weighted by Crippen LogP contribution is 2.29. The summed E-state index contributed by atoms with van der Waals surface area (Å²) in [6.07, 6.45) is 0. The van der Waals surface area contributed by atoms with Gasteiger partial charge in [0.05, 0.1) is 15.7 Å². The highest BCUT2D eigenvalue weighted by Gasteiger charge is 2.23. The van der Waals surface area contributed by atoms with Crippen molar-refractivity contribution in [1.82, 2.24) is 15.1 Å². The molecule has 32 heavy (non-hydrogen) atoms. The third kappa shape index (κ3) is 5.26. The monoisotopic (exact) mass is 490 g/mol. The van der Waals surface area contributed by atoms with E-state index in [1.165, 1.54) is 0 Å². The first-order valence-electron chi connectivity index (χ1n) is 10.1. The minimum absolute atomic E-state index is 0.0421. The van der Waals surface area contributed by atoms with Crippen LogP contribution in [0.4, 0.5) is 5.82 Å². The van der Waals surface area contributed by atoms with Gasteiger partial charge in [0.25, 0.3) is 5.91 Å². The van der Waals surface area contributed by atoms with Gasteiger partial charge in [-0.15, -0.1) is 10.2 Å². The molecule has 0 atom stereocenters. The summed E-state index contributed by atoms with van der Waals surface area (Å²) in [4.78, 5) is 16.4. The van der Waals surface area contributed by atoms with Gasteiger partial charge < -0.3 is 14.5 Å². The quantitative estimate of drug-likeness (QED) is 0.495. The first kappa shape index (κ1) is 22.6. The van der Waals surface area contributed by atoms with Gasteiger partial charge in [0.2, 0.25) is 0 Å². The molecule has 0 saturated carbocycles. The van der Waals surface area contributed by atoms with Crippen LogP contribution in [0.1, 0.15) is 5.56 Å². The number of aromatic nitrogens is 2. The van der Waals surface area contributed by atoms with Gasteiger partial charge in [-0.25, -0.2) is 0 Å². The smallest absolute Gasteiger partial charge is 0.260 e. The predicted octanol–water partition coefficient (Wildman–Crippen LogP) is 5.14.